The molecule has 1 saturated heterocycles. The molecule has 2 aliphatic rings. The predicted octanol–water partition coefficient (Wildman–Crippen LogP) is -1.12. The lowest BCUT2D eigenvalue weighted by molar-refractivity contribution is -0.143. The third-order valence-electron chi connectivity index (χ3n) is 25.1. The molecule has 0 unspecified atom stereocenters. The van der Waals surface area contributed by atoms with Gasteiger partial charge in [0.2, 0.25) is 94.5 Å². The summed E-state index contributed by atoms with van der Waals surface area (Å²) >= 11 is 0.675. The molecule has 15 atom stereocenters. The summed E-state index contributed by atoms with van der Waals surface area (Å²) in [6, 6.07) is 9.20. The molecule has 46 heteroatoms. The van der Waals surface area contributed by atoms with Crippen molar-refractivity contribution < 1.29 is 116 Å². The number of carboxylic acid groups (broad SMARTS) is 3. The Hall–Kier alpha value is -14.6. The van der Waals surface area contributed by atoms with E-state index in [0.717, 1.165) is 35.3 Å². The zero-order chi connectivity index (χ0) is 109. The molecule has 5 aromatic rings. The predicted molar refractivity (Wildman–Crippen MR) is 546 cm³/mol. The summed E-state index contributed by atoms with van der Waals surface area (Å²) in [5.41, 5.74) is 37.3. The Labute approximate surface area is 861 Å². The topological polar surface area (TPSA) is 751 Å². The molecule has 804 valence electrons. The number of rotatable bonds is 35. The van der Waals surface area contributed by atoms with Crippen molar-refractivity contribution in [3.63, 3.8) is 0 Å². The number of ether oxygens (including phenoxy) is 1. The third-order valence-corrected chi connectivity index (χ3v) is 26.2. The summed E-state index contributed by atoms with van der Waals surface area (Å²) in [4.78, 5) is 290. The van der Waals surface area contributed by atoms with Crippen LogP contribution in [0.15, 0.2) is 127 Å². The van der Waals surface area contributed by atoms with E-state index in [0.29, 0.717) is 41.3 Å². The minimum Gasteiger partial charge on any atom is -0.482 e. The number of carboxylic acids is 3. The smallest absolute Gasteiger partial charge is 0.341 e. The molecule has 2 fully saturated rings. The quantitative estimate of drug-likeness (QED) is 0.0228. The van der Waals surface area contributed by atoms with E-state index in [4.69, 9.17) is 39.1 Å². The van der Waals surface area contributed by atoms with Gasteiger partial charge in [0.25, 0.3) is 0 Å². The average molecular weight is 2080 g/mol. The zero-order valence-corrected chi connectivity index (χ0v) is 85.0. The maximum atomic E-state index is 15.7. The molecule has 148 heavy (non-hydrogen) atoms. The fourth-order valence-corrected chi connectivity index (χ4v) is 17.7. The van der Waals surface area contributed by atoms with Crippen LogP contribution in [0.3, 0.4) is 0 Å². The van der Waals surface area contributed by atoms with E-state index in [1.165, 1.54) is 62.5 Å². The number of carbonyl (C=O) groups is 20. The van der Waals surface area contributed by atoms with Crippen LogP contribution in [0.4, 0.5) is 0 Å². The number of hydrogen-bond acceptors (Lipinski definition) is 27. The lowest BCUT2D eigenvalue weighted by Gasteiger charge is -2.32. The van der Waals surface area contributed by atoms with Gasteiger partial charge < -0.3 is 134 Å². The van der Waals surface area contributed by atoms with Gasteiger partial charge in [0.15, 0.2) is 12.4 Å². The first kappa shape index (κ1) is 120. The molecule has 0 aromatic heterocycles. The molecular weight excluding hydrogens is 1940 g/mol. The number of aromatic carboxylic acids is 1. The van der Waals surface area contributed by atoms with Crippen molar-refractivity contribution in [2.24, 2.45) is 58.1 Å². The number of likely N-dealkylation sites (N-methyl/N-ethyl adjacent to an activating group) is 1. The number of nitrogens with zero attached hydrogens (tertiary/aromatic N) is 1. The van der Waals surface area contributed by atoms with E-state index >= 15 is 38.4 Å². The number of ketones is 1. The van der Waals surface area contributed by atoms with Gasteiger partial charge in [-0.15, -0.1) is 11.8 Å². The number of aryl methyl sites for hydroxylation is 1. The van der Waals surface area contributed by atoms with Crippen molar-refractivity contribution >= 4 is 136 Å². The van der Waals surface area contributed by atoms with Gasteiger partial charge in [-0.1, -0.05) is 168 Å². The Bertz CT molecular complexity index is 5460. The van der Waals surface area contributed by atoms with Gasteiger partial charge >= 0.3 is 17.9 Å². The van der Waals surface area contributed by atoms with E-state index in [1.807, 2.05) is 30.3 Å². The van der Waals surface area contributed by atoms with E-state index in [1.54, 1.807) is 83.1 Å². The van der Waals surface area contributed by atoms with E-state index in [9.17, 15) is 78.3 Å². The van der Waals surface area contributed by atoms with E-state index < -0.39 is 290 Å². The summed E-state index contributed by atoms with van der Waals surface area (Å²) < 4.78 is 5.31. The lowest BCUT2D eigenvalue weighted by atomic mass is 9.84. The van der Waals surface area contributed by atoms with Crippen molar-refractivity contribution in [2.45, 2.75) is 248 Å². The second-order valence-corrected chi connectivity index (χ2v) is 38.8. The van der Waals surface area contributed by atoms with Crippen molar-refractivity contribution in [3.05, 3.63) is 161 Å². The maximum Gasteiger partial charge on any atom is 0.341 e. The zero-order valence-electron chi connectivity index (χ0n) is 84.1. The number of amides is 16. The first-order valence-electron chi connectivity index (χ1n) is 49.3. The van der Waals surface area contributed by atoms with Gasteiger partial charge in [0.05, 0.1) is 35.4 Å². The Morgan fingerprint density at radius 2 is 0.993 bits per heavy atom. The van der Waals surface area contributed by atoms with Crippen LogP contribution in [0.1, 0.15) is 169 Å². The second-order valence-electron chi connectivity index (χ2n) is 37.7. The van der Waals surface area contributed by atoms with Gasteiger partial charge in [-0.2, -0.15) is 0 Å². The minimum absolute atomic E-state index is 0.00213. The van der Waals surface area contributed by atoms with Crippen molar-refractivity contribution in [1.82, 2.24) is 74.0 Å². The first-order chi connectivity index (χ1) is 70.3. The highest BCUT2D eigenvalue weighted by molar-refractivity contribution is 8.00. The third kappa shape index (κ3) is 39.3. The summed E-state index contributed by atoms with van der Waals surface area (Å²) in [7, 11) is 1.19. The molecule has 45 nitrogen and oxygen atoms in total. The van der Waals surface area contributed by atoms with Gasteiger partial charge in [0, 0.05) is 38.5 Å². The van der Waals surface area contributed by atoms with Gasteiger partial charge in [0.1, 0.15) is 84.3 Å². The van der Waals surface area contributed by atoms with Gasteiger partial charge in [-0.25, -0.2) is 9.59 Å². The van der Waals surface area contributed by atoms with Crippen LogP contribution in [0.2, 0.25) is 0 Å². The highest BCUT2D eigenvalue weighted by Gasteiger charge is 2.43. The molecule has 16 amide bonds. The molecule has 1 aliphatic heterocycles. The Morgan fingerprint density at radius 3 is 1.54 bits per heavy atom. The number of carbonyl (C=O) groups excluding carboxylic acids is 17. The van der Waals surface area contributed by atoms with Gasteiger partial charge in [-0.05, 0) is 173 Å². The van der Waals surface area contributed by atoms with Crippen LogP contribution in [0.5, 0.6) is 5.75 Å². The molecule has 1 heterocycles. The van der Waals surface area contributed by atoms with Crippen molar-refractivity contribution in [1.29, 1.82) is 5.41 Å². The summed E-state index contributed by atoms with van der Waals surface area (Å²) in [6.07, 6.45) is -1.78. The second kappa shape index (κ2) is 60.5. The Morgan fingerprint density at radius 1 is 0.493 bits per heavy atom. The van der Waals surface area contributed by atoms with E-state index in [-0.39, 0.29) is 99.0 Å². The van der Waals surface area contributed by atoms with Gasteiger partial charge in [-0.3, -0.25) is 86.3 Å². The standard InChI is InChI=1S/C102H141N21O24S/c1-55(2)44-74-93(136)112-72(39-43-106)92(135)117-77(47-59-17-10-8-11-18-59)98(141)122-86(56(3)4)100(143)113-71(22-15-40-103)91(134)121-80(99(142)111-70(38-42-105)88(109)131)53-148-54-82(125)110-69(37-41-104)87(130)85(108)68(46-60-27-33-67(34-28-60)147-52-84(128)129)90(133)116-79(51-83(126)127)97(140)120-78(50-63-19-14-16-57(5)45-63)96(139)119-76(49-62-25-31-66(32-26-62)102(145)146)95(138)118-75(48-61-23-29-65(30-24-61)64-20-12-9-13-21-64)94(137)114-73(35-36-81(107)124)101(144)123(7)58(6)89(132)115-74/h9,12-14,16,19-21,23-34,45,55-56,58-59,68-80,86,108H,8,10-11,15,17-18,22,35-44,46-54,103-106H2,1-7H3,(H2,107,124)(H2,109,131)(H,110,125)(H,111,142)(H,112,136)(H,113,143)(H,114,137)(H,115,132)(H,116,133)(H,117,135)(H,118,138)(H,119,139)(H,120,140)(H,121,134)(H,122,141)(H,126,127)(H,128,129)(H,145,146)/t58-,68+,69-,70-,71-,72-,73-,74+,75-,76-,77-,78-,79-,80-,86-/m0/s1. The number of nitrogens with two attached hydrogens (primary N) is 6. The van der Waals surface area contributed by atoms with Crippen LogP contribution in [-0.4, -0.2) is 280 Å². The molecular formula is C102H141N21O24S. The largest absolute Gasteiger partial charge is 0.482 e. The van der Waals surface area contributed by atoms with Crippen LogP contribution >= 0.6 is 11.8 Å². The Balaban J connectivity index is 1.39. The lowest BCUT2D eigenvalue weighted by Crippen LogP contribution is -2.61. The Kier molecular flexibility index (Phi) is 49.1. The highest BCUT2D eigenvalue weighted by Crippen LogP contribution is 2.29. The normalized spacial score (nSPS) is 23.0. The molecule has 5 aromatic carbocycles. The molecule has 0 spiro atoms. The number of benzene rings is 5. The number of aliphatic carboxylic acids is 2. The molecule has 1 aliphatic carbocycles. The number of thioether (sulfide) groups is 1. The van der Waals surface area contributed by atoms with Crippen LogP contribution in [0, 0.1) is 36.0 Å². The monoisotopic (exact) mass is 2080 g/mol. The number of nitrogens with one attached hydrogen (secondary N) is 14. The molecule has 0 bridgehead atoms. The van der Waals surface area contributed by atoms with Crippen LogP contribution < -0.4 is 108 Å². The van der Waals surface area contributed by atoms with Crippen LogP contribution in [-0.2, 0) is 117 Å². The average Bonchev–Trinajstić information content (AvgIpc) is 0.817. The minimum atomic E-state index is -2.24. The number of Topliss-reactive ketones (excluding diaryl/α,β-unsaturated/α-hetero) is 1. The highest BCUT2D eigenvalue weighted by atomic mass is 32.2. The number of hydrogen-bond donors (Lipinski definition) is 23. The molecule has 0 radical (unpaired) electrons. The first-order valence-corrected chi connectivity index (χ1v) is 50.4. The van der Waals surface area contributed by atoms with Crippen LogP contribution in [0.25, 0.3) is 11.1 Å². The fourth-order valence-electron chi connectivity index (χ4n) is 16.8. The summed E-state index contributed by atoms with van der Waals surface area (Å²) in [5, 5.41) is 73.5. The molecule has 7 rings (SSSR count). The maximum absolute atomic E-state index is 15.7. The summed E-state index contributed by atoms with van der Waals surface area (Å²) in [6.45, 7) is 8.00. The fraction of sp³-hybridized carbons (Fsp3) is 0.500. The van der Waals surface area contributed by atoms with Crippen molar-refractivity contribution in [3.8, 4) is 16.9 Å². The van der Waals surface area contributed by atoms with Crippen molar-refractivity contribution in [2.75, 3.05) is 51.3 Å². The molecule has 29 N–H and O–H groups in total. The molecule has 1 saturated carbocycles. The SMILES string of the molecule is Cc1cccc(C[C@@H]2NC(=O)[C@H](CC(=O)O)NC(=O)[C@H](Cc3ccc(OCC(=O)O)cc3)C(=N)C(=O)[C@H](CCN)NC(=O)CSC[C@@H](C(=O)N[C@@H](CCN)C(N)=O)NC(=O)[C@H](CCCN)NC(=O)[C@H](C(C)C)NC(=O)[C@H](CC3CCCCC3)NC(=O)[C@H](CCN)NC(=O)[C@@H](CC(C)C)NC(=O)[C@H](C)N(C)C(=O)[C@H](CCC(N)=O)NC(=O)[C@H](Cc3ccc(-c4ccccc4)cc3)NC(=O)[C@H](Cc3ccc(C(=O)O)cc3)NC2=O)c1. The summed E-state index contributed by atoms with van der Waals surface area (Å²) in [5.74, 6) is -27.1. The number of primary amides is 2. The van der Waals surface area contributed by atoms with E-state index in [2.05, 4.69) is 69.1 Å².